The van der Waals surface area contributed by atoms with E-state index in [0.717, 1.165) is 5.56 Å². The summed E-state index contributed by atoms with van der Waals surface area (Å²) in [5.41, 5.74) is 3.36. The van der Waals surface area contributed by atoms with Crippen molar-refractivity contribution in [2.45, 2.75) is 6.54 Å². The number of methoxy groups -OCH3 is 1. The van der Waals surface area contributed by atoms with Crippen molar-refractivity contribution >= 4 is 0 Å². The summed E-state index contributed by atoms with van der Waals surface area (Å²) in [6.45, 7) is 0.497. The standard InChI is InChI=1S/C8H11FN2O/c1-12-8-4-6(5-11-10)2-3-7(8)9/h2-4,11H,5,10H2,1H3. The Morgan fingerprint density at radius 3 is 2.92 bits per heavy atom. The number of ether oxygens (including phenoxy) is 1. The predicted molar refractivity (Wildman–Crippen MR) is 44.0 cm³/mol. The first-order valence-electron chi connectivity index (χ1n) is 3.54. The second-order valence-electron chi connectivity index (χ2n) is 2.35. The van der Waals surface area contributed by atoms with Crippen LogP contribution in [0, 0.1) is 5.82 Å². The smallest absolute Gasteiger partial charge is 0.165 e. The van der Waals surface area contributed by atoms with E-state index in [2.05, 4.69) is 5.43 Å². The molecule has 3 N–H and O–H groups in total. The Labute approximate surface area is 70.3 Å². The van der Waals surface area contributed by atoms with Crippen molar-refractivity contribution < 1.29 is 9.13 Å². The van der Waals surface area contributed by atoms with Gasteiger partial charge >= 0.3 is 0 Å². The van der Waals surface area contributed by atoms with E-state index in [4.69, 9.17) is 10.6 Å². The molecule has 4 heteroatoms. The Balaban J connectivity index is 2.89. The van der Waals surface area contributed by atoms with E-state index in [1.54, 1.807) is 12.1 Å². The maximum atomic E-state index is 12.8. The number of hydrogen-bond donors (Lipinski definition) is 2. The highest BCUT2D eigenvalue weighted by Gasteiger charge is 2.01. The summed E-state index contributed by atoms with van der Waals surface area (Å²) in [4.78, 5) is 0. The molecule has 1 aromatic rings. The molecule has 0 amide bonds. The summed E-state index contributed by atoms with van der Waals surface area (Å²) >= 11 is 0. The van der Waals surface area contributed by atoms with Gasteiger partial charge in [-0.1, -0.05) is 6.07 Å². The minimum absolute atomic E-state index is 0.239. The molecule has 1 rings (SSSR count). The molecular formula is C8H11FN2O. The van der Waals surface area contributed by atoms with Crippen LogP contribution < -0.4 is 16.0 Å². The second kappa shape index (κ2) is 4.04. The minimum Gasteiger partial charge on any atom is -0.494 e. The molecule has 0 fully saturated rings. The van der Waals surface area contributed by atoms with Crippen LogP contribution in [0.5, 0.6) is 5.75 Å². The molecule has 0 aliphatic heterocycles. The zero-order chi connectivity index (χ0) is 8.97. The number of hydrazine groups is 1. The van der Waals surface area contributed by atoms with Crippen molar-refractivity contribution in [1.82, 2.24) is 5.43 Å². The van der Waals surface area contributed by atoms with Gasteiger partial charge in [0, 0.05) is 6.54 Å². The molecule has 0 unspecified atom stereocenters. The summed E-state index contributed by atoms with van der Waals surface area (Å²) < 4.78 is 17.6. The molecule has 0 heterocycles. The number of nitrogens with one attached hydrogen (secondary N) is 1. The van der Waals surface area contributed by atoms with Crippen molar-refractivity contribution in [3.05, 3.63) is 29.6 Å². The molecular weight excluding hydrogens is 159 g/mol. The van der Waals surface area contributed by atoms with E-state index in [1.165, 1.54) is 13.2 Å². The van der Waals surface area contributed by atoms with E-state index >= 15 is 0 Å². The van der Waals surface area contributed by atoms with Crippen LogP contribution in [-0.2, 0) is 6.54 Å². The summed E-state index contributed by atoms with van der Waals surface area (Å²) in [6.07, 6.45) is 0. The molecule has 0 aliphatic carbocycles. The third kappa shape index (κ3) is 1.93. The van der Waals surface area contributed by atoms with Gasteiger partial charge in [-0.05, 0) is 17.7 Å². The van der Waals surface area contributed by atoms with Gasteiger partial charge in [0.05, 0.1) is 7.11 Å². The summed E-state index contributed by atoms with van der Waals surface area (Å²) in [5, 5.41) is 0. The van der Waals surface area contributed by atoms with E-state index < -0.39 is 0 Å². The average molecular weight is 170 g/mol. The van der Waals surface area contributed by atoms with Crippen LogP contribution in [-0.4, -0.2) is 7.11 Å². The minimum atomic E-state index is -0.363. The molecule has 0 saturated heterocycles. The number of hydrogen-bond acceptors (Lipinski definition) is 3. The largest absolute Gasteiger partial charge is 0.494 e. The Kier molecular flexibility index (Phi) is 3.01. The van der Waals surface area contributed by atoms with Gasteiger partial charge in [0.25, 0.3) is 0 Å². The molecule has 0 aliphatic rings. The van der Waals surface area contributed by atoms with Gasteiger partial charge in [-0.3, -0.25) is 11.3 Å². The normalized spacial score (nSPS) is 9.92. The lowest BCUT2D eigenvalue weighted by atomic mass is 10.2. The molecule has 0 spiro atoms. The first-order chi connectivity index (χ1) is 5.77. The van der Waals surface area contributed by atoms with E-state index in [1.807, 2.05) is 0 Å². The maximum Gasteiger partial charge on any atom is 0.165 e. The highest BCUT2D eigenvalue weighted by Crippen LogP contribution is 2.17. The van der Waals surface area contributed by atoms with E-state index in [9.17, 15) is 4.39 Å². The van der Waals surface area contributed by atoms with Crippen molar-refractivity contribution in [2.24, 2.45) is 5.84 Å². The zero-order valence-electron chi connectivity index (χ0n) is 6.80. The molecule has 0 atom stereocenters. The Hall–Kier alpha value is -1.13. The van der Waals surface area contributed by atoms with Crippen molar-refractivity contribution in [3.8, 4) is 5.75 Å². The molecule has 3 nitrogen and oxygen atoms in total. The van der Waals surface area contributed by atoms with Gasteiger partial charge in [0.15, 0.2) is 11.6 Å². The summed E-state index contributed by atoms with van der Waals surface area (Å²) in [6, 6.07) is 4.61. The first kappa shape index (κ1) is 8.96. The molecule has 0 aromatic heterocycles. The quantitative estimate of drug-likeness (QED) is 0.521. The van der Waals surface area contributed by atoms with Crippen molar-refractivity contribution in [2.75, 3.05) is 7.11 Å². The Morgan fingerprint density at radius 2 is 2.33 bits per heavy atom. The molecule has 0 bridgehead atoms. The topological polar surface area (TPSA) is 47.3 Å². The van der Waals surface area contributed by atoms with Gasteiger partial charge in [-0.2, -0.15) is 0 Å². The SMILES string of the molecule is COc1cc(CNN)ccc1F. The lowest BCUT2D eigenvalue weighted by molar-refractivity contribution is 0.385. The van der Waals surface area contributed by atoms with Crippen LogP contribution in [0.1, 0.15) is 5.56 Å². The predicted octanol–water partition coefficient (Wildman–Crippen LogP) is 0.798. The maximum absolute atomic E-state index is 12.8. The average Bonchev–Trinajstić information content (AvgIpc) is 2.09. The fourth-order valence-electron chi connectivity index (χ4n) is 0.932. The lowest BCUT2D eigenvalue weighted by Gasteiger charge is -2.04. The Morgan fingerprint density at radius 1 is 1.58 bits per heavy atom. The molecule has 0 radical (unpaired) electrons. The van der Waals surface area contributed by atoms with Crippen LogP contribution in [0.2, 0.25) is 0 Å². The molecule has 0 saturated carbocycles. The van der Waals surface area contributed by atoms with Gasteiger partial charge in [-0.25, -0.2) is 4.39 Å². The van der Waals surface area contributed by atoms with Crippen LogP contribution in [0.3, 0.4) is 0 Å². The highest BCUT2D eigenvalue weighted by atomic mass is 19.1. The molecule has 1 aromatic carbocycles. The number of nitrogens with two attached hydrogens (primary N) is 1. The van der Waals surface area contributed by atoms with Crippen LogP contribution in [0.4, 0.5) is 4.39 Å². The lowest BCUT2D eigenvalue weighted by Crippen LogP contribution is -2.20. The number of rotatable bonds is 3. The zero-order valence-corrected chi connectivity index (χ0v) is 6.80. The van der Waals surface area contributed by atoms with Crippen LogP contribution in [0.25, 0.3) is 0 Å². The second-order valence-corrected chi connectivity index (χ2v) is 2.35. The van der Waals surface area contributed by atoms with Crippen molar-refractivity contribution in [1.29, 1.82) is 0 Å². The van der Waals surface area contributed by atoms with Gasteiger partial charge in [-0.15, -0.1) is 0 Å². The third-order valence-electron chi connectivity index (χ3n) is 1.52. The Bertz CT molecular complexity index is 265. The van der Waals surface area contributed by atoms with Crippen LogP contribution >= 0.6 is 0 Å². The van der Waals surface area contributed by atoms with Gasteiger partial charge in [0.2, 0.25) is 0 Å². The number of halogens is 1. The van der Waals surface area contributed by atoms with E-state index in [-0.39, 0.29) is 11.6 Å². The summed E-state index contributed by atoms with van der Waals surface area (Å²) in [5.74, 6) is 4.98. The summed E-state index contributed by atoms with van der Waals surface area (Å²) in [7, 11) is 1.43. The van der Waals surface area contributed by atoms with Gasteiger partial charge in [0.1, 0.15) is 0 Å². The number of benzene rings is 1. The van der Waals surface area contributed by atoms with E-state index in [0.29, 0.717) is 6.54 Å². The van der Waals surface area contributed by atoms with Crippen molar-refractivity contribution in [3.63, 3.8) is 0 Å². The first-order valence-corrected chi connectivity index (χ1v) is 3.54. The van der Waals surface area contributed by atoms with Crippen LogP contribution in [0.15, 0.2) is 18.2 Å². The fraction of sp³-hybridized carbons (Fsp3) is 0.250. The molecule has 12 heavy (non-hydrogen) atoms. The monoisotopic (exact) mass is 170 g/mol. The fourth-order valence-corrected chi connectivity index (χ4v) is 0.932. The van der Waals surface area contributed by atoms with Gasteiger partial charge < -0.3 is 4.74 Å². The third-order valence-corrected chi connectivity index (χ3v) is 1.52. The molecule has 66 valence electrons. The highest BCUT2D eigenvalue weighted by molar-refractivity contribution is 5.30.